The molecule has 1 fully saturated rings. The van der Waals surface area contributed by atoms with Gasteiger partial charge in [-0.1, -0.05) is 54.2 Å². The van der Waals surface area contributed by atoms with Crippen molar-refractivity contribution in [2.45, 2.75) is 24.7 Å². The van der Waals surface area contributed by atoms with Crippen LogP contribution < -0.4 is 11.0 Å². The quantitative estimate of drug-likeness (QED) is 0.469. The van der Waals surface area contributed by atoms with E-state index in [0.29, 0.717) is 11.7 Å². The third-order valence-electron chi connectivity index (χ3n) is 5.24. The lowest BCUT2D eigenvalue weighted by Crippen LogP contribution is -2.31. The van der Waals surface area contributed by atoms with Gasteiger partial charge in [-0.3, -0.25) is 14.3 Å². The number of carbonyl (C=O) groups excluding carboxylic acids is 1. The third kappa shape index (κ3) is 6.51. The Bertz CT molecular complexity index is 1080. The molecule has 3 aromatic rings. The fourth-order valence-corrected chi connectivity index (χ4v) is 5.34. The fraction of sp³-hybridized carbons (Fsp3) is 0.348. The summed E-state index contributed by atoms with van der Waals surface area (Å²) in [4.78, 5) is 27.1. The van der Waals surface area contributed by atoms with Crippen LogP contribution in [-0.4, -0.2) is 55.9 Å². The smallest absolute Gasteiger partial charge is 0.325 e. The summed E-state index contributed by atoms with van der Waals surface area (Å²) in [6, 6.07) is 18.0. The molecule has 1 aliphatic rings. The Labute approximate surface area is 196 Å². The Morgan fingerprint density at radius 1 is 1.09 bits per heavy atom. The van der Waals surface area contributed by atoms with Gasteiger partial charge in [-0.05, 0) is 29.7 Å². The lowest BCUT2D eigenvalue weighted by Gasteiger charge is -2.26. The highest BCUT2D eigenvalue weighted by Gasteiger charge is 2.13. The molecular formula is C23H27N5O2S2. The number of hydrogen-bond donors (Lipinski definition) is 2. The van der Waals surface area contributed by atoms with Gasteiger partial charge in [0.25, 0.3) is 0 Å². The van der Waals surface area contributed by atoms with Gasteiger partial charge in [-0.25, -0.2) is 9.89 Å². The molecule has 1 amide bonds. The molecule has 0 atom stereocenters. The van der Waals surface area contributed by atoms with E-state index >= 15 is 0 Å². The monoisotopic (exact) mass is 469 g/mol. The van der Waals surface area contributed by atoms with Crippen LogP contribution in [0.15, 0.2) is 64.5 Å². The molecule has 0 saturated carbocycles. The molecule has 1 aliphatic heterocycles. The van der Waals surface area contributed by atoms with Crippen LogP contribution in [0.4, 0.5) is 5.69 Å². The van der Waals surface area contributed by atoms with Gasteiger partial charge < -0.3 is 5.32 Å². The molecule has 32 heavy (non-hydrogen) atoms. The van der Waals surface area contributed by atoms with Gasteiger partial charge in [0.2, 0.25) is 5.91 Å². The van der Waals surface area contributed by atoms with E-state index in [0.717, 1.165) is 37.3 Å². The number of benzene rings is 2. The van der Waals surface area contributed by atoms with Crippen molar-refractivity contribution in [2.24, 2.45) is 0 Å². The van der Waals surface area contributed by atoms with E-state index in [1.54, 1.807) is 4.57 Å². The zero-order valence-corrected chi connectivity index (χ0v) is 19.5. The normalized spacial score (nSPS) is 14.4. The number of thioether (sulfide) groups is 2. The molecule has 9 heteroatoms. The van der Waals surface area contributed by atoms with Crippen LogP contribution in [0.5, 0.6) is 0 Å². The number of carbonyl (C=O) groups is 1. The van der Waals surface area contributed by atoms with Crippen LogP contribution in [-0.2, 0) is 24.3 Å². The Morgan fingerprint density at radius 2 is 1.88 bits per heavy atom. The molecule has 0 spiro atoms. The average molecular weight is 470 g/mol. The SMILES string of the molecule is O=C(CSc1n[nH]c(=O)n1CCc1ccccc1)Nc1cccc(CN2CCSCC2)c1. The summed E-state index contributed by atoms with van der Waals surface area (Å²) in [6.07, 6.45) is 0.725. The zero-order valence-electron chi connectivity index (χ0n) is 17.8. The number of H-pyrrole nitrogens is 1. The first-order chi connectivity index (χ1) is 15.7. The van der Waals surface area contributed by atoms with Gasteiger partial charge in [0.1, 0.15) is 0 Å². The summed E-state index contributed by atoms with van der Waals surface area (Å²) in [6.45, 7) is 3.63. The summed E-state index contributed by atoms with van der Waals surface area (Å²) in [7, 11) is 0. The van der Waals surface area contributed by atoms with Gasteiger partial charge in [0.05, 0.1) is 5.75 Å². The van der Waals surface area contributed by atoms with Crippen LogP contribution in [0.25, 0.3) is 0 Å². The first kappa shape index (κ1) is 22.7. The van der Waals surface area contributed by atoms with E-state index in [1.807, 2.05) is 60.3 Å². The van der Waals surface area contributed by atoms with Crippen molar-refractivity contribution in [1.82, 2.24) is 19.7 Å². The Kier molecular flexibility index (Phi) is 8.08. The second-order valence-corrected chi connectivity index (χ2v) is 9.79. The van der Waals surface area contributed by atoms with Gasteiger partial charge in [-0.15, -0.1) is 5.10 Å². The van der Waals surface area contributed by atoms with Crippen LogP contribution in [0, 0.1) is 0 Å². The van der Waals surface area contributed by atoms with Crippen molar-refractivity contribution in [3.8, 4) is 0 Å². The largest absolute Gasteiger partial charge is 0.343 e. The lowest BCUT2D eigenvalue weighted by atomic mass is 10.1. The highest BCUT2D eigenvalue weighted by molar-refractivity contribution is 7.99. The molecule has 1 saturated heterocycles. The molecular weight excluding hydrogens is 442 g/mol. The number of amides is 1. The third-order valence-corrected chi connectivity index (χ3v) is 7.16. The number of nitrogens with one attached hydrogen (secondary N) is 2. The number of aromatic nitrogens is 3. The van der Waals surface area contributed by atoms with Crippen LogP contribution >= 0.6 is 23.5 Å². The minimum atomic E-state index is -0.257. The van der Waals surface area contributed by atoms with Crippen molar-refractivity contribution < 1.29 is 4.79 Å². The van der Waals surface area contributed by atoms with E-state index in [2.05, 4.69) is 26.5 Å². The maximum Gasteiger partial charge on any atom is 0.343 e. The maximum atomic E-state index is 12.5. The van der Waals surface area contributed by atoms with E-state index in [9.17, 15) is 9.59 Å². The first-order valence-corrected chi connectivity index (χ1v) is 12.8. The summed E-state index contributed by atoms with van der Waals surface area (Å²) in [5.41, 5.74) is 2.89. The van der Waals surface area contributed by atoms with Crippen LogP contribution in [0.3, 0.4) is 0 Å². The Morgan fingerprint density at radius 3 is 2.69 bits per heavy atom. The van der Waals surface area contributed by atoms with Gasteiger partial charge in [-0.2, -0.15) is 11.8 Å². The standard InChI is InChI=1S/C23H27N5O2S2/c29-21(24-20-8-4-7-19(15-20)16-27-11-13-31-14-12-27)17-32-23-26-25-22(30)28(23)10-9-18-5-2-1-3-6-18/h1-8,15H,9-14,16-17H2,(H,24,29)(H,25,30). The van der Waals surface area contributed by atoms with Gasteiger partial charge in [0, 0.05) is 43.4 Å². The summed E-state index contributed by atoms with van der Waals surface area (Å²) in [5, 5.41) is 10.1. The second kappa shape index (κ2) is 11.4. The van der Waals surface area contributed by atoms with Gasteiger partial charge in [0.15, 0.2) is 5.16 Å². The minimum Gasteiger partial charge on any atom is -0.325 e. The molecule has 1 aromatic heterocycles. The molecule has 7 nitrogen and oxygen atoms in total. The number of aromatic amines is 1. The predicted molar refractivity (Wildman–Crippen MR) is 131 cm³/mol. The molecule has 2 aromatic carbocycles. The molecule has 4 rings (SSSR count). The zero-order chi connectivity index (χ0) is 22.2. The molecule has 168 valence electrons. The molecule has 2 heterocycles. The average Bonchev–Trinajstić information content (AvgIpc) is 3.17. The molecule has 0 radical (unpaired) electrons. The van der Waals surface area contributed by atoms with E-state index in [4.69, 9.17) is 0 Å². The van der Waals surface area contributed by atoms with Crippen molar-refractivity contribution in [3.05, 3.63) is 76.2 Å². The van der Waals surface area contributed by atoms with E-state index < -0.39 is 0 Å². The van der Waals surface area contributed by atoms with Crippen molar-refractivity contribution >= 4 is 35.1 Å². The van der Waals surface area contributed by atoms with Gasteiger partial charge >= 0.3 is 5.69 Å². The lowest BCUT2D eigenvalue weighted by molar-refractivity contribution is -0.113. The maximum absolute atomic E-state index is 12.5. The second-order valence-electron chi connectivity index (χ2n) is 7.62. The Hall–Kier alpha value is -2.49. The number of nitrogens with zero attached hydrogens (tertiary/aromatic N) is 3. The number of aryl methyl sites for hydroxylation is 1. The molecule has 0 unspecified atom stereocenters. The fourth-order valence-electron chi connectivity index (χ4n) is 3.59. The minimum absolute atomic E-state index is 0.119. The first-order valence-electron chi connectivity index (χ1n) is 10.7. The topological polar surface area (TPSA) is 83.0 Å². The van der Waals surface area contributed by atoms with Crippen LogP contribution in [0.2, 0.25) is 0 Å². The van der Waals surface area contributed by atoms with E-state index in [-0.39, 0.29) is 17.3 Å². The Balaban J connectivity index is 1.30. The van der Waals surface area contributed by atoms with E-state index in [1.165, 1.54) is 28.8 Å². The molecule has 0 bridgehead atoms. The van der Waals surface area contributed by atoms with Crippen molar-refractivity contribution in [3.63, 3.8) is 0 Å². The molecule has 0 aliphatic carbocycles. The number of hydrogen-bond acceptors (Lipinski definition) is 6. The highest BCUT2D eigenvalue weighted by atomic mass is 32.2. The highest BCUT2D eigenvalue weighted by Crippen LogP contribution is 2.18. The van der Waals surface area contributed by atoms with Crippen molar-refractivity contribution in [1.29, 1.82) is 0 Å². The molecule has 2 N–H and O–H groups in total. The summed E-state index contributed by atoms with van der Waals surface area (Å²) < 4.78 is 1.59. The van der Waals surface area contributed by atoms with Crippen molar-refractivity contribution in [2.75, 3.05) is 35.7 Å². The number of rotatable bonds is 9. The predicted octanol–water partition coefficient (Wildman–Crippen LogP) is 3.09. The summed E-state index contributed by atoms with van der Waals surface area (Å²) in [5.74, 6) is 2.42. The summed E-state index contributed by atoms with van der Waals surface area (Å²) >= 11 is 3.26. The number of anilines is 1. The van der Waals surface area contributed by atoms with Crippen LogP contribution in [0.1, 0.15) is 11.1 Å².